The highest BCUT2D eigenvalue weighted by atomic mass is 16.4. The molecule has 0 heterocycles. The van der Waals surface area contributed by atoms with Crippen LogP contribution in [-0.2, 0) is 9.59 Å². The van der Waals surface area contributed by atoms with Gasteiger partial charge >= 0.3 is 5.97 Å². The highest BCUT2D eigenvalue weighted by molar-refractivity contribution is 5.83. The van der Waals surface area contributed by atoms with Crippen LogP contribution in [0.4, 0.5) is 0 Å². The van der Waals surface area contributed by atoms with Gasteiger partial charge in [-0.05, 0) is 26.7 Å². The van der Waals surface area contributed by atoms with Gasteiger partial charge in [0.25, 0.3) is 0 Å². The Balaban J connectivity index is 4.10. The number of aliphatic carboxylic acids is 1. The molecular weight excluding hydrogens is 208 g/mol. The minimum absolute atomic E-state index is 0.215. The molecule has 1 amide bonds. The Morgan fingerprint density at radius 2 is 2.12 bits per heavy atom. The van der Waals surface area contributed by atoms with Crippen LogP contribution in [-0.4, -0.2) is 28.6 Å². The van der Waals surface area contributed by atoms with Crippen molar-refractivity contribution in [1.29, 1.82) is 0 Å². The number of nitrogens with two attached hydrogens (primary N) is 1. The number of nitrogens with one attached hydrogen (secondary N) is 1. The smallest absolute Gasteiger partial charge is 0.326 e. The van der Waals surface area contributed by atoms with Gasteiger partial charge < -0.3 is 16.2 Å². The highest BCUT2D eigenvalue weighted by Gasteiger charge is 2.19. The van der Waals surface area contributed by atoms with Gasteiger partial charge in [0.2, 0.25) is 5.91 Å². The van der Waals surface area contributed by atoms with Gasteiger partial charge in [-0.2, -0.15) is 0 Å². The van der Waals surface area contributed by atoms with Crippen LogP contribution in [0.1, 0.15) is 33.1 Å². The zero-order valence-electron chi connectivity index (χ0n) is 9.82. The normalized spacial score (nSPS) is 12.9. The molecule has 0 aliphatic heterocycles. The van der Waals surface area contributed by atoms with Crippen LogP contribution in [0.25, 0.3) is 0 Å². The Bertz CT molecular complexity index is 269. The van der Waals surface area contributed by atoms with E-state index in [4.69, 9.17) is 10.8 Å². The molecule has 92 valence electrons. The van der Waals surface area contributed by atoms with E-state index < -0.39 is 17.6 Å². The summed E-state index contributed by atoms with van der Waals surface area (Å²) in [6, 6.07) is -0.897. The summed E-state index contributed by atoms with van der Waals surface area (Å²) in [6.45, 7) is 7.08. The molecule has 16 heavy (non-hydrogen) atoms. The van der Waals surface area contributed by atoms with Crippen LogP contribution >= 0.6 is 0 Å². The molecule has 4 N–H and O–H groups in total. The Kier molecular flexibility index (Phi) is 5.74. The van der Waals surface area contributed by atoms with E-state index in [1.54, 1.807) is 0 Å². The van der Waals surface area contributed by atoms with Crippen LogP contribution in [0.3, 0.4) is 0 Å². The van der Waals surface area contributed by atoms with Crippen LogP contribution in [0.2, 0.25) is 0 Å². The van der Waals surface area contributed by atoms with Crippen molar-refractivity contribution in [2.75, 3.05) is 0 Å². The highest BCUT2D eigenvalue weighted by Crippen LogP contribution is 2.07. The van der Waals surface area contributed by atoms with Gasteiger partial charge in [0.05, 0.1) is 0 Å². The Hall–Kier alpha value is -1.36. The fourth-order valence-corrected chi connectivity index (χ4v) is 1.09. The van der Waals surface area contributed by atoms with Gasteiger partial charge in [-0.1, -0.05) is 6.08 Å². The van der Waals surface area contributed by atoms with Crippen LogP contribution in [0.5, 0.6) is 0 Å². The Labute approximate surface area is 95.7 Å². The predicted octanol–water partition coefficient (Wildman–Crippen LogP) is 0.649. The first-order valence-electron chi connectivity index (χ1n) is 5.18. The van der Waals surface area contributed by atoms with Crippen molar-refractivity contribution >= 4 is 11.9 Å². The predicted molar refractivity (Wildman–Crippen MR) is 61.9 cm³/mol. The first-order valence-corrected chi connectivity index (χ1v) is 5.18. The SMILES string of the molecule is C=CCC(NC(=O)CCC(C)(C)N)C(=O)O. The second kappa shape index (κ2) is 6.27. The molecule has 0 rings (SSSR count). The van der Waals surface area contributed by atoms with Gasteiger partial charge in [-0.15, -0.1) is 6.58 Å². The quantitative estimate of drug-likeness (QED) is 0.558. The maximum Gasteiger partial charge on any atom is 0.326 e. The molecule has 0 aromatic heterocycles. The topological polar surface area (TPSA) is 92.4 Å². The lowest BCUT2D eigenvalue weighted by molar-refractivity contribution is -0.141. The molecule has 5 heteroatoms. The van der Waals surface area contributed by atoms with Crippen LogP contribution in [0.15, 0.2) is 12.7 Å². The molecule has 5 nitrogen and oxygen atoms in total. The fourth-order valence-electron chi connectivity index (χ4n) is 1.09. The van der Waals surface area contributed by atoms with E-state index in [0.717, 1.165) is 0 Å². The number of rotatable bonds is 7. The van der Waals surface area contributed by atoms with E-state index in [1.165, 1.54) is 6.08 Å². The molecule has 0 radical (unpaired) electrons. The van der Waals surface area contributed by atoms with Crippen LogP contribution in [0, 0.1) is 0 Å². The van der Waals surface area contributed by atoms with Gasteiger partial charge in [-0.3, -0.25) is 4.79 Å². The summed E-state index contributed by atoms with van der Waals surface area (Å²) in [6.07, 6.45) is 2.42. The first kappa shape index (κ1) is 14.6. The lowest BCUT2D eigenvalue weighted by atomic mass is 10.00. The molecule has 0 saturated carbocycles. The van der Waals surface area contributed by atoms with Gasteiger partial charge in [0.1, 0.15) is 6.04 Å². The van der Waals surface area contributed by atoms with Crippen molar-refractivity contribution < 1.29 is 14.7 Å². The Morgan fingerprint density at radius 1 is 1.56 bits per heavy atom. The average Bonchev–Trinajstić information content (AvgIpc) is 2.13. The third-order valence-corrected chi connectivity index (χ3v) is 2.03. The zero-order chi connectivity index (χ0) is 12.8. The minimum atomic E-state index is -1.06. The molecule has 0 saturated heterocycles. The van der Waals surface area contributed by atoms with Gasteiger partial charge in [0, 0.05) is 12.0 Å². The monoisotopic (exact) mass is 228 g/mol. The minimum Gasteiger partial charge on any atom is -0.480 e. The van der Waals surface area contributed by atoms with Crippen molar-refractivity contribution in [3.8, 4) is 0 Å². The van der Waals surface area contributed by atoms with Crippen molar-refractivity contribution in [3.05, 3.63) is 12.7 Å². The second-order valence-electron chi connectivity index (χ2n) is 4.47. The molecule has 0 fully saturated rings. The van der Waals surface area contributed by atoms with Crippen LogP contribution < -0.4 is 11.1 Å². The van der Waals surface area contributed by atoms with E-state index >= 15 is 0 Å². The third-order valence-electron chi connectivity index (χ3n) is 2.03. The number of carboxylic acids is 1. The lowest BCUT2D eigenvalue weighted by Gasteiger charge is -2.18. The first-order chi connectivity index (χ1) is 7.26. The zero-order valence-corrected chi connectivity index (χ0v) is 9.82. The molecule has 0 bridgehead atoms. The summed E-state index contributed by atoms with van der Waals surface area (Å²) < 4.78 is 0. The number of hydrogen-bond acceptors (Lipinski definition) is 3. The largest absolute Gasteiger partial charge is 0.480 e. The second-order valence-corrected chi connectivity index (χ2v) is 4.47. The maximum atomic E-state index is 11.4. The molecule has 0 aliphatic rings. The van der Waals surface area contributed by atoms with Gasteiger partial charge in [-0.25, -0.2) is 4.79 Å². The van der Waals surface area contributed by atoms with Crippen molar-refractivity contribution in [2.45, 2.75) is 44.7 Å². The maximum absolute atomic E-state index is 11.4. The number of carbonyl (C=O) groups is 2. The van der Waals surface area contributed by atoms with E-state index in [0.29, 0.717) is 6.42 Å². The third kappa shape index (κ3) is 7.00. The van der Waals surface area contributed by atoms with E-state index in [1.807, 2.05) is 13.8 Å². The molecule has 1 atom stereocenters. The molecule has 0 aromatic rings. The van der Waals surface area contributed by atoms with Crippen molar-refractivity contribution in [2.24, 2.45) is 5.73 Å². The fraction of sp³-hybridized carbons (Fsp3) is 0.636. The number of hydrogen-bond donors (Lipinski definition) is 3. The number of amides is 1. The summed E-state index contributed by atoms with van der Waals surface area (Å²) in [7, 11) is 0. The summed E-state index contributed by atoms with van der Waals surface area (Å²) in [4.78, 5) is 22.2. The summed E-state index contributed by atoms with van der Waals surface area (Å²) >= 11 is 0. The number of carboxylic acid groups (broad SMARTS) is 1. The molecule has 1 unspecified atom stereocenters. The van der Waals surface area contributed by atoms with E-state index in [-0.39, 0.29) is 18.7 Å². The Morgan fingerprint density at radius 3 is 2.50 bits per heavy atom. The summed E-state index contributed by atoms with van der Waals surface area (Å²) in [5.41, 5.74) is 5.30. The number of carbonyl (C=O) groups excluding carboxylic acids is 1. The van der Waals surface area contributed by atoms with Crippen molar-refractivity contribution in [3.63, 3.8) is 0 Å². The average molecular weight is 228 g/mol. The summed E-state index contributed by atoms with van der Waals surface area (Å²) in [5, 5.41) is 11.2. The molecular formula is C11H20N2O3. The van der Waals surface area contributed by atoms with E-state index in [2.05, 4.69) is 11.9 Å². The standard InChI is InChI=1S/C11H20N2O3/c1-4-5-8(10(15)16)13-9(14)6-7-11(2,3)12/h4,8H,1,5-7,12H2,2-3H3,(H,13,14)(H,15,16). The summed E-state index contributed by atoms with van der Waals surface area (Å²) in [5.74, 6) is -1.35. The molecule has 0 spiro atoms. The lowest BCUT2D eigenvalue weighted by Crippen LogP contribution is -2.41. The molecule has 0 aliphatic carbocycles. The van der Waals surface area contributed by atoms with Gasteiger partial charge in [0.15, 0.2) is 0 Å². The van der Waals surface area contributed by atoms with E-state index in [9.17, 15) is 9.59 Å². The molecule has 0 aromatic carbocycles. The van der Waals surface area contributed by atoms with Crippen molar-refractivity contribution in [1.82, 2.24) is 5.32 Å².